The fourth-order valence-corrected chi connectivity index (χ4v) is 3.40. The minimum Gasteiger partial charge on any atom is -0.492 e. The fraction of sp³-hybridized carbons (Fsp3) is 0.158. The molecule has 0 saturated carbocycles. The van der Waals surface area contributed by atoms with Gasteiger partial charge in [-0.3, -0.25) is 0 Å². The van der Waals surface area contributed by atoms with Crippen LogP contribution < -0.4 is 14.2 Å². The van der Waals surface area contributed by atoms with E-state index in [0.717, 1.165) is 16.2 Å². The first-order valence-electron chi connectivity index (χ1n) is 7.15. The van der Waals surface area contributed by atoms with Gasteiger partial charge in [0.15, 0.2) is 11.5 Å². The molecule has 3 heteroatoms. The Labute approximate surface area is 128 Å². The van der Waals surface area contributed by atoms with Crippen molar-refractivity contribution in [2.75, 3.05) is 21.3 Å². The van der Waals surface area contributed by atoms with Crippen LogP contribution in [0.2, 0.25) is 0 Å². The molecule has 3 nitrogen and oxygen atoms in total. The Morgan fingerprint density at radius 1 is 0.545 bits per heavy atom. The Morgan fingerprint density at radius 2 is 1.05 bits per heavy atom. The van der Waals surface area contributed by atoms with Gasteiger partial charge in [-0.05, 0) is 28.3 Å². The van der Waals surface area contributed by atoms with Crippen molar-refractivity contribution in [2.45, 2.75) is 0 Å². The van der Waals surface area contributed by atoms with Gasteiger partial charge in [0, 0.05) is 16.2 Å². The largest absolute Gasteiger partial charge is 0.492 e. The van der Waals surface area contributed by atoms with Gasteiger partial charge in [0.1, 0.15) is 0 Å². The summed E-state index contributed by atoms with van der Waals surface area (Å²) in [5.74, 6) is 2.06. The molecule has 0 spiro atoms. The van der Waals surface area contributed by atoms with Crippen LogP contribution in [0.4, 0.5) is 0 Å². The highest BCUT2D eigenvalue weighted by atomic mass is 16.5. The lowest BCUT2D eigenvalue weighted by atomic mass is 9.93. The van der Waals surface area contributed by atoms with Crippen molar-refractivity contribution in [1.82, 2.24) is 0 Å². The van der Waals surface area contributed by atoms with Crippen LogP contribution in [0.15, 0.2) is 42.5 Å². The molecular weight excluding hydrogens is 276 g/mol. The fourth-order valence-electron chi connectivity index (χ4n) is 3.40. The summed E-state index contributed by atoms with van der Waals surface area (Å²) in [5.41, 5.74) is 0. The van der Waals surface area contributed by atoms with Crippen molar-refractivity contribution in [3.8, 4) is 17.2 Å². The lowest BCUT2D eigenvalue weighted by Crippen LogP contribution is -1.98. The standard InChI is InChI=1S/C19H16O3/c1-20-17-13-9-7-11-5-4-6-12-8-10-14(16(13)15(11)12)18(21-2)19(17)22-3/h4-10H,1-3H3. The monoisotopic (exact) mass is 292 g/mol. The molecule has 0 radical (unpaired) electrons. The van der Waals surface area contributed by atoms with Gasteiger partial charge in [-0.25, -0.2) is 0 Å². The molecule has 0 bridgehead atoms. The normalized spacial score (nSPS) is 11.4. The van der Waals surface area contributed by atoms with Gasteiger partial charge >= 0.3 is 0 Å². The summed E-state index contributed by atoms with van der Waals surface area (Å²) in [6.45, 7) is 0. The van der Waals surface area contributed by atoms with Crippen LogP contribution in [0.5, 0.6) is 17.2 Å². The van der Waals surface area contributed by atoms with E-state index in [1.807, 2.05) is 0 Å². The van der Waals surface area contributed by atoms with Crippen LogP contribution in [-0.4, -0.2) is 21.3 Å². The molecule has 0 saturated heterocycles. The maximum absolute atomic E-state index is 5.63. The Morgan fingerprint density at radius 3 is 1.50 bits per heavy atom. The van der Waals surface area contributed by atoms with Crippen LogP contribution in [0, 0.1) is 0 Å². The summed E-state index contributed by atoms with van der Waals surface area (Å²) in [5, 5.41) is 6.90. The highest BCUT2D eigenvalue weighted by Gasteiger charge is 2.21. The first kappa shape index (κ1) is 13.0. The van der Waals surface area contributed by atoms with E-state index in [9.17, 15) is 0 Å². The number of methoxy groups -OCH3 is 3. The highest BCUT2D eigenvalue weighted by Crippen LogP contribution is 2.50. The molecule has 0 aromatic heterocycles. The first-order chi connectivity index (χ1) is 10.8. The van der Waals surface area contributed by atoms with E-state index in [-0.39, 0.29) is 0 Å². The highest BCUT2D eigenvalue weighted by molar-refractivity contribution is 6.26. The van der Waals surface area contributed by atoms with Crippen molar-refractivity contribution in [3.05, 3.63) is 42.5 Å². The molecule has 22 heavy (non-hydrogen) atoms. The lowest BCUT2D eigenvalue weighted by Gasteiger charge is -2.19. The van der Waals surface area contributed by atoms with Gasteiger partial charge in [0.25, 0.3) is 0 Å². The quantitative estimate of drug-likeness (QED) is 0.516. The van der Waals surface area contributed by atoms with E-state index in [1.54, 1.807) is 21.3 Å². The van der Waals surface area contributed by atoms with Crippen LogP contribution >= 0.6 is 0 Å². The molecule has 110 valence electrons. The number of hydrogen-bond donors (Lipinski definition) is 0. The number of rotatable bonds is 3. The Bertz CT molecular complexity index is 917. The van der Waals surface area contributed by atoms with E-state index in [4.69, 9.17) is 14.2 Å². The maximum Gasteiger partial charge on any atom is 0.204 e. The Hall–Kier alpha value is -2.68. The van der Waals surface area contributed by atoms with Gasteiger partial charge in [-0.15, -0.1) is 0 Å². The van der Waals surface area contributed by atoms with Crippen LogP contribution in [0.25, 0.3) is 32.3 Å². The summed E-state index contributed by atoms with van der Waals surface area (Å²) in [4.78, 5) is 0. The molecule has 0 heterocycles. The Kier molecular flexibility index (Phi) is 2.76. The predicted molar refractivity (Wildman–Crippen MR) is 89.8 cm³/mol. The van der Waals surface area contributed by atoms with Gasteiger partial charge < -0.3 is 14.2 Å². The zero-order valence-electron chi connectivity index (χ0n) is 12.8. The predicted octanol–water partition coefficient (Wildman–Crippen LogP) is 4.61. The Balaban J connectivity index is 2.36. The third-order valence-corrected chi connectivity index (χ3v) is 4.29. The van der Waals surface area contributed by atoms with Crippen molar-refractivity contribution >= 4 is 32.3 Å². The topological polar surface area (TPSA) is 27.7 Å². The van der Waals surface area contributed by atoms with Crippen molar-refractivity contribution in [3.63, 3.8) is 0 Å². The van der Waals surface area contributed by atoms with E-state index >= 15 is 0 Å². The number of ether oxygens (including phenoxy) is 3. The van der Waals surface area contributed by atoms with E-state index in [0.29, 0.717) is 17.2 Å². The molecule has 0 aliphatic heterocycles. The minimum absolute atomic E-state index is 0.635. The average molecular weight is 292 g/mol. The second-order valence-corrected chi connectivity index (χ2v) is 5.28. The van der Waals surface area contributed by atoms with Crippen molar-refractivity contribution < 1.29 is 14.2 Å². The third-order valence-electron chi connectivity index (χ3n) is 4.29. The van der Waals surface area contributed by atoms with Gasteiger partial charge in [-0.2, -0.15) is 0 Å². The molecule has 0 aliphatic rings. The summed E-state index contributed by atoms with van der Waals surface area (Å²) < 4.78 is 16.8. The second kappa shape index (κ2) is 4.67. The van der Waals surface area contributed by atoms with E-state index in [2.05, 4.69) is 42.5 Å². The SMILES string of the molecule is COc1c(OC)c2ccc3cccc4ccc(c1OC)c2c34. The number of benzene rings is 4. The summed E-state index contributed by atoms with van der Waals surface area (Å²) >= 11 is 0. The molecule has 4 aromatic carbocycles. The van der Waals surface area contributed by atoms with Gasteiger partial charge in [0.2, 0.25) is 5.75 Å². The van der Waals surface area contributed by atoms with Gasteiger partial charge in [0.05, 0.1) is 21.3 Å². The molecule has 0 amide bonds. The van der Waals surface area contributed by atoms with Crippen LogP contribution in [0.1, 0.15) is 0 Å². The van der Waals surface area contributed by atoms with Crippen molar-refractivity contribution in [2.24, 2.45) is 0 Å². The zero-order valence-corrected chi connectivity index (χ0v) is 12.8. The zero-order chi connectivity index (χ0) is 15.3. The lowest BCUT2D eigenvalue weighted by molar-refractivity contribution is 0.329. The molecule has 4 rings (SSSR count). The molecule has 0 unspecified atom stereocenters. The smallest absolute Gasteiger partial charge is 0.204 e. The third kappa shape index (κ3) is 1.51. The summed E-state index contributed by atoms with van der Waals surface area (Å²) in [6.07, 6.45) is 0. The van der Waals surface area contributed by atoms with Crippen LogP contribution in [-0.2, 0) is 0 Å². The van der Waals surface area contributed by atoms with Gasteiger partial charge in [-0.1, -0.05) is 30.3 Å². The molecule has 0 fully saturated rings. The molecule has 0 atom stereocenters. The molecular formula is C19H16O3. The molecule has 4 aromatic rings. The summed E-state index contributed by atoms with van der Waals surface area (Å²) in [6, 6.07) is 14.8. The molecule has 0 aliphatic carbocycles. The van der Waals surface area contributed by atoms with E-state index in [1.165, 1.54) is 16.2 Å². The van der Waals surface area contributed by atoms with Crippen molar-refractivity contribution in [1.29, 1.82) is 0 Å². The average Bonchev–Trinajstić information content (AvgIpc) is 2.58. The minimum atomic E-state index is 0.635. The second-order valence-electron chi connectivity index (χ2n) is 5.28. The molecule has 0 N–H and O–H groups in total. The van der Waals surface area contributed by atoms with Crippen LogP contribution in [0.3, 0.4) is 0 Å². The first-order valence-corrected chi connectivity index (χ1v) is 7.15. The van der Waals surface area contributed by atoms with E-state index < -0.39 is 0 Å². The summed E-state index contributed by atoms with van der Waals surface area (Å²) in [7, 11) is 4.96. The number of hydrogen-bond acceptors (Lipinski definition) is 3. The maximum atomic E-state index is 5.63.